The molecule has 0 unspecified atom stereocenters. The number of anilines is 1. The second kappa shape index (κ2) is 6.70. The lowest BCUT2D eigenvalue weighted by atomic mass is 10.2. The maximum Gasteiger partial charge on any atom is 0.119 e. The van der Waals surface area contributed by atoms with E-state index in [1.165, 1.54) is 11.3 Å². The molecule has 2 aromatic carbocycles. The fraction of sp³-hybridized carbons (Fsp3) is 0.250. The first kappa shape index (κ1) is 12.5. The first-order valence-corrected chi connectivity index (χ1v) is 6.33. The van der Waals surface area contributed by atoms with Crippen molar-refractivity contribution in [3.8, 4) is 5.75 Å². The van der Waals surface area contributed by atoms with Crippen LogP contribution in [0.2, 0.25) is 0 Å². The van der Waals surface area contributed by atoms with Crippen LogP contribution in [0.25, 0.3) is 0 Å². The van der Waals surface area contributed by atoms with Crippen LogP contribution in [0.5, 0.6) is 5.75 Å². The van der Waals surface area contributed by atoms with Crippen LogP contribution in [0, 0.1) is 6.92 Å². The highest BCUT2D eigenvalue weighted by molar-refractivity contribution is 5.44. The van der Waals surface area contributed by atoms with Gasteiger partial charge in [0.1, 0.15) is 5.75 Å². The van der Waals surface area contributed by atoms with Crippen LogP contribution >= 0.6 is 0 Å². The highest BCUT2D eigenvalue weighted by Crippen LogP contribution is 2.10. The number of rotatable bonds is 6. The monoisotopic (exact) mass is 241 g/mol. The van der Waals surface area contributed by atoms with Crippen molar-refractivity contribution in [2.75, 3.05) is 18.5 Å². The van der Waals surface area contributed by atoms with E-state index in [0.717, 1.165) is 25.3 Å². The molecule has 2 heteroatoms. The summed E-state index contributed by atoms with van der Waals surface area (Å²) in [5.41, 5.74) is 2.45. The molecule has 94 valence electrons. The maximum absolute atomic E-state index is 5.62. The molecule has 0 amide bonds. The molecular formula is C16H19NO. The summed E-state index contributed by atoms with van der Waals surface area (Å²) in [5, 5.41) is 3.38. The molecule has 0 saturated heterocycles. The molecule has 0 atom stereocenters. The van der Waals surface area contributed by atoms with Crippen LogP contribution in [-0.2, 0) is 0 Å². The van der Waals surface area contributed by atoms with Gasteiger partial charge in [-0.25, -0.2) is 0 Å². The summed E-state index contributed by atoms with van der Waals surface area (Å²) in [6, 6.07) is 18.4. The van der Waals surface area contributed by atoms with E-state index in [2.05, 4.69) is 36.5 Å². The molecule has 18 heavy (non-hydrogen) atoms. The zero-order valence-electron chi connectivity index (χ0n) is 10.7. The lowest BCUT2D eigenvalue weighted by molar-refractivity contribution is 0.315. The van der Waals surface area contributed by atoms with Crippen LogP contribution < -0.4 is 10.1 Å². The van der Waals surface area contributed by atoms with Crippen molar-refractivity contribution in [3.05, 3.63) is 60.2 Å². The normalized spacial score (nSPS) is 10.1. The standard InChI is InChI=1S/C16H19NO/c1-14-8-10-15(11-9-14)17-12-5-13-18-16-6-3-2-4-7-16/h2-4,6-11,17H,5,12-13H2,1H3. The van der Waals surface area contributed by atoms with E-state index in [1.807, 2.05) is 30.3 Å². The predicted octanol–water partition coefficient (Wildman–Crippen LogP) is 3.88. The Kier molecular flexibility index (Phi) is 4.65. The summed E-state index contributed by atoms with van der Waals surface area (Å²) in [7, 11) is 0. The van der Waals surface area contributed by atoms with E-state index in [9.17, 15) is 0 Å². The Labute approximate surface area is 109 Å². The van der Waals surface area contributed by atoms with Crippen LogP contribution in [0.4, 0.5) is 5.69 Å². The number of ether oxygens (including phenoxy) is 1. The predicted molar refractivity (Wildman–Crippen MR) is 76.2 cm³/mol. The molecule has 0 fully saturated rings. The molecule has 0 spiro atoms. The van der Waals surface area contributed by atoms with E-state index in [4.69, 9.17) is 4.74 Å². The average molecular weight is 241 g/mol. The van der Waals surface area contributed by atoms with E-state index < -0.39 is 0 Å². The quantitative estimate of drug-likeness (QED) is 0.775. The molecule has 2 nitrogen and oxygen atoms in total. The zero-order chi connectivity index (χ0) is 12.6. The van der Waals surface area contributed by atoms with Gasteiger partial charge in [0.15, 0.2) is 0 Å². The van der Waals surface area contributed by atoms with Gasteiger partial charge in [0, 0.05) is 12.2 Å². The summed E-state index contributed by atoms with van der Waals surface area (Å²) < 4.78 is 5.62. The van der Waals surface area contributed by atoms with Crippen molar-refractivity contribution >= 4 is 5.69 Å². The van der Waals surface area contributed by atoms with Crippen LogP contribution in [-0.4, -0.2) is 13.2 Å². The summed E-state index contributed by atoms with van der Waals surface area (Å²) in [5.74, 6) is 0.938. The number of aryl methyl sites for hydroxylation is 1. The van der Waals surface area contributed by atoms with E-state index in [0.29, 0.717) is 0 Å². The Hall–Kier alpha value is -1.96. The van der Waals surface area contributed by atoms with Gasteiger partial charge in [0.2, 0.25) is 0 Å². The molecule has 0 radical (unpaired) electrons. The minimum absolute atomic E-state index is 0.739. The smallest absolute Gasteiger partial charge is 0.119 e. The van der Waals surface area contributed by atoms with Crippen molar-refractivity contribution in [2.45, 2.75) is 13.3 Å². The third-order valence-electron chi connectivity index (χ3n) is 2.71. The van der Waals surface area contributed by atoms with Crippen molar-refractivity contribution in [2.24, 2.45) is 0 Å². The van der Waals surface area contributed by atoms with E-state index in [1.54, 1.807) is 0 Å². The van der Waals surface area contributed by atoms with Gasteiger partial charge in [-0.3, -0.25) is 0 Å². The molecule has 0 heterocycles. The Morgan fingerprint density at radius 3 is 2.39 bits per heavy atom. The van der Waals surface area contributed by atoms with E-state index >= 15 is 0 Å². The van der Waals surface area contributed by atoms with Gasteiger partial charge in [-0.05, 0) is 37.6 Å². The Morgan fingerprint density at radius 1 is 0.944 bits per heavy atom. The molecule has 0 aliphatic rings. The van der Waals surface area contributed by atoms with Crippen LogP contribution in [0.3, 0.4) is 0 Å². The van der Waals surface area contributed by atoms with E-state index in [-0.39, 0.29) is 0 Å². The van der Waals surface area contributed by atoms with Crippen molar-refractivity contribution < 1.29 is 4.74 Å². The second-order valence-corrected chi connectivity index (χ2v) is 4.31. The molecule has 0 saturated carbocycles. The maximum atomic E-state index is 5.62. The summed E-state index contributed by atoms with van der Waals surface area (Å²) >= 11 is 0. The van der Waals surface area contributed by atoms with Gasteiger partial charge < -0.3 is 10.1 Å². The summed E-state index contributed by atoms with van der Waals surface area (Å²) in [6.07, 6.45) is 0.989. The molecule has 0 bridgehead atoms. The average Bonchev–Trinajstić information content (AvgIpc) is 2.42. The molecule has 0 aliphatic carbocycles. The number of nitrogens with one attached hydrogen (secondary N) is 1. The molecule has 1 N–H and O–H groups in total. The molecule has 0 aromatic heterocycles. The number of hydrogen-bond donors (Lipinski definition) is 1. The first-order chi connectivity index (χ1) is 8.84. The van der Waals surface area contributed by atoms with Gasteiger partial charge in [-0.1, -0.05) is 35.9 Å². The fourth-order valence-electron chi connectivity index (χ4n) is 1.68. The molecule has 2 rings (SSSR count). The minimum atomic E-state index is 0.739. The fourth-order valence-corrected chi connectivity index (χ4v) is 1.68. The van der Waals surface area contributed by atoms with Crippen LogP contribution in [0.15, 0.2) is 54.6 Å². The topological polar surface area (TPSA) is 21.3 Å². The Bertz CT molecular complexity index is 450. The number of hydrogen-bond acceptors (Lipinski definition) is 2. The lowest BCUT2D eigenvalue weighted by Gasteiger charge is -2.08. The van der Waals surface area contributed by atoms with Gasteiger partial charge in [-0.2, -0.15) is 0 Å². The van der Waals surface area contributed by atoms with Gasteiger partial charge >= 0.3 is 0 Å². The third kappa shape index (κ3) is 4.13. The number of para-hydroxylation sites is 1. The number of benzene rings is 2. The van der Waals surface area contributed by atoms with Gasteiger partial charge in [-0.15, -0.1) is 0 Å². The molecular weight excluding hydrogens is 222 g/mol. The van der Waals surface area contributed by atoms with Crippen molar-refractivity contribution in [1.29, 1.82) is 0 Å². The minimum Gasteiger partial charge on any atom is -0.494 e. The van der Waals surface area contributed by atoms with Gasteiger partial charge in [0.25, 0.3) is 0 Å². The second-order valence-electron chi connectivity index (χ2n) is 4.31. The molecule has 2 aromatic rings. The highest BCUT2D eigenvalue weighted by Gasteiger charge is 1.93. The third-order valence-corrected chi connectivity index (χ3v) is 2.71. The van der Waals surface area contributed by atoms with Gasteiger partial charge in [0.05, 0.1) is 6.61 Å². The Morgan fingerprint density at radius 2 is 1.67 bits per heavy atom. The lowest BCUT2D eigenvalue weighted by Crippen LogP contribution is -2.07. The summed E-state index contributed by atoms with van der Waals surface area (Å²) in [6.45, 7) is 3.76. The highest BCUT2D eigenvalue weighted by atomic mass is 16.5. The van der Waals surface area contributed by atoms with Crippen LogP contribution in [0.1, 0.15) is 12.0 Å². The first-order valence-electron chi connectivity index (χ1n) is 6.33. The zero-order valence-corrected chi connectivity index (χ0v) is 10.7. The van der Waals surface area contributed by atoms with Crippen molar-refractivity contribution in [1.82, 2.24) is 0 Å². The van der Waals surface area contributed by atoms with Crippen molar-refractivity contribution in [3.63, 3.8) is 0 Å². The molecule has 0 aliphatic heterocycles. The largest absolute Gasteiger partial charge is 0.494 e. The SMILES string of the molecule is Cc1ccc(NCCCOc2ccccc2)cc1. The summed E-state index contributed by atoms with van der Waals surface area (Å²) in [4.78, 5) is 0. The Balaban J connectivity index is 1.63.